The monoisotopic (exact) mass is 245 g/mol. The van der Waals surface area contributed by atoms with E-state index in [9.17, 15) is 0 Å². The molecule has 0 atom stereocenters. The zero-order valence-electron chi connectivity index (χ0n) is 5.96. The molecule has 2 aromatic rings. The Balaban J connectivity index is 2.88. The summed E-state index contributed by atoms with van der Waals surface area (Å²) in [6.45, 7) is 0. The molecule has 0 fully saturated rings. The van der Waals surface area contributed by atoms with E-state index in [-0.39, 0.29) is 0 Å². The van der Waals surface area contributed by atoms with E-state index in [4.69, 9.17) is 17.3 Å². The van der Waals surface area contributed by atoms with Crippen LogP contribution in [0.1, 0.15) is 0 Å². The molecule has 0 bridgehead atoms. The number of pyridine rings is 1. The van der Waals surface area contributed by atoms with Gasteiger partial charge in [-0.1, -0.05) is 11.6 Å². The van der Waals surface area contributed by atoms with Gasteiger partial charge in [0.2, 0.25) is 0 Å². The molecule has 0 aromatic carbocycles. The van der Waals surface area contributed by atoms with Gasteiger partial charge >= 0.3 is 0 Å². The Morgan fingerprint density at radius 3 is 3.00 bits per heavy atom. The molecule has 0 saturated carbocycles. The standard InChI is InChI=1S/C7H5BrClN3/c8-4-1-5(9)7-11-6(10)3-12(7)2-4/h1-3H,10H2. The molecule has 12 heavy (non-hydrogen) atoms. The molecule has 0 aliphatic carbocycles. The van der Waals surface area contributed by atoms with E-state index >= 15 is 0 Å². The average Bonchev–Trinajstić information content (AvgIpc) is 2.29. The predicted octanol–water partition coefficient (Wildman–Crippen LogP) is 2.33. The Kier molecular flexibility index (Phi) is 1.73. The molecule has 0 amide bonds. The van der Waals surface area contributed by atoms with Crippen molar-refractivity contribution < 1.29 is 0 Å². The fourth-order valence-corrected chi connectivity index (χ4v) is 1.88. The van der Waals surface area contributed by atoms with Gasteiger partial charge in [-0.3, -0.25) is 0 Å². The number of nitrogens with two attached hydrogens (primary N) is 1. The number of hydrogen-bond acceptors (Lipinski definition) is 2. The zero-order valence-corrected chi connectivity index (χ0v) is 8.30. The van der Waals surface area contributed by atoms with Gasteiger partial charge in [-0.05, 0) is 22.0 Å². The molecule has 0 unspecified atom stereocenters. The highest BCUT2D eigenvalue weighted by Gasteiger charge is 2.03. The molecule has 0 radical (unpaired) electrons. The largest absolute Gasteiger partial charge is 0.382 e. The smallest absolute Gasteiger partial charge is 0.158 e. The van der Waals surface area contributed by atoms with Gasteiger partial charge in [0.05, 0.1) is 11.2 Å². The number of anilines is 1. The second-order valence-corrected chi connectivity index (χ2v) is 3.73. The topological polar surface area (TPSA) is 43.3 Å². The van der Waals surface area contributed by atoms with Gasteiger partial charge in [0.25, 0.3) is 0 Å². The van der Waals surface area contributed by atoms with Gasteiger partial charge in [0.15, 0.2) is 5.65 Å². The first kappa shape index (κ1) is 7.89. The second-order valence-electron chi connectivity index (χ2n) is 2.40. The summed E-state index contributed by atoms with van der Waals surface area (Å²) >= 11 is 9.23. The van der Waals surface area contributed by atoms with Gasteiger partial charge in [0, 0.05) is 10.7 Å². The van der Waals surface area contributed by atoms with Crippen molar-refractivity contribution in [2.24, 2.45) is 0 Å². The van der Waals surface area contributed by atoms with Gasteiger partial charge in [0.1, 0.15) is 5.82 Å². The molecule has 0 aliphatic heterocycles. The first-order valence-corrected chi connectivity index (χ1v) is 4.43. The lowest BCUT2D eigenvalue weighted by Crippen LogP contribution is -1.83. The van der Waals surface area contributed by atoms with Crippen LogP contribution in [0, 0.1) is 0 Å². The zero-order chi connectivity index (χ0) is 8.72. The first-order valence-electron chi connectivity index (χ1n) is 3.26. The number of halogens is 2. The lowest BCUT2D eigenvalue weighted by atomic mass is 10.5. The van der Waals surface area contributed by atoms with Crippen molar-refractivity contribution in [1.82, 2.24) is 9.38 Å². The van der Waals surface area contributed by atoms with Gasteiger partial charge in [-0.25, -0.2) is 4.98 Å². The van der Waals surface area contributed by atoms with Crippen LogP contribution >= 0.6 is 27.5 Å². The summed E-state index contributed by atoms with van der Waals surface area (Å²) < 4.78 is 2.68. The number of nitrogen functional groups attached to an aromatic ring is 1. The Hall–Kier alpha value is -0.740. The highest BCUT2D eigenvalue weighted by molar-refractivity contribution is 9.10. The van der Waals surface area contributed by atoms with Gasteiger partial charge < -0.3 is 10.1 Å². The summed E-state index contributed by atoms with van der Waals surface area (Å²) in [4.78, 5) is 4.04. The highest BCUT2D eigenvalue weighted by Crippen LogP contribution is 2.22. The van der Waals surface area contributed by atoms with Crippen molar-refractivity contribution >= 4 is 39.0 Å². The summed E-state index contributed by atoms with van der Waals surface area (Å²) in [6, 6.07) is 1.78. The van der Waals surface area contributed by atoms with E-state index in [1.807, 2.05) is 6.20 Å². The van der Waals surface area contributed by atoms with Crippen molar-refractivity contribution in [1.29, 1.82) is 0 Å². The van der Waals surface area contributed by atoms with Crippen LogP contribution in [0.3, 0.4) is 0 Å². The Morgan fingerprint density at radius 1 is 1.50 bits per heavy atom. The average molecular weight is 246 g/mol. The van der Waals surface area contributed by atoms with E-state index in [0.717, 1.165) is 4.47 Å². The van der Waals surface area contributed by atoms with Crippen LogP contribution < -0.4 is 5.73 Å². The molecular formula is C7H5BrClN3. The summed E-state index contributed by atoms with van der Waals surface area (Å²) in [5, 5.41) is 0.584. The molecule has 62 valence electrons. The van der Waals surface area contributed by atoms with Crippen LogP contribution in [0.4, 0.5) is 5.82 Å². The Labute approximate surface area is 82.3 Å². The van der Waals surface area contributed by atoms with Crippen molar-refractivity contribution in [3.63, 3.8) is 0 Å². The third kappa shape index (κ3) is 1.17. The van der Waals surface area contributed by atoms with Crippen LogP contribution in [0.15, 0.2) is 22.9 Å². The summed E-state index contributed by atoms with van der Waals surface area (Å²) in [5.74, 6) is 0.468. The van der Waals surface area contributed by atoms with Crippen LogP contribution in [0.25, 0.3) is 5.65 Å². The number of rotatable bonds is 0. The number of hydrogen-bond donors (Lipinski definition) is 1. The SMILES string of the molecule is Nc1cn2cc(Br)cc(Cl)c2n1. The van der Waals surface area contributed by atoms with Crippen molar-refractivity contribution in [3.05, 3.63) is 28.0 Å². The third-order valence-corrected chi connectivity index (χ3v) is 2.20. The minimum atomic E-state index is 0.468. The number of aromatic nitrogens is 2. The van der Waals surface area contributed by atoms with E-state index in [2.05, 4.69) is 20.9 Å². The van der Waals surface area contributed by atoms with Crippen LogP contribution in [0.5, 0.6) is 0 Å². The second kappa shape index (κ2) is 2.64. The maximum Gasteiger partial charge on any atom is 0.158 e. The van der Waals surface area contributed by atoms with Crippen molar-refractivity contribution in [2.75, 3.05) is 5.73 Å². The molecule has 5 heteroatoms. The molecule has 0 saturated heterocycles. The van der Waals surface area contributed by atoms with E-state index in [0.29, 0.717) is 16.5 Å². The minimum Gasteiger partial charge on any atom is -0.382 e. The Bertz CT molecular complexity index is 437. The lowest BCUT2D eigenvalue weighted by Gasteiger charge is -1.95. The Morgan fingerprint density at radius 2 is 2.25 bits per heavy atom. The van der Waals surface area contributed by atoms with Crippen LogP contribution in [-0.4, -0.2) is 9.38 Å². The summed E-state index contributed by atoms with van der Waals surface area (Å²) in [5.41, 5.74) is 6.18. The molecule has 0 spiro atoms. The fraction of sp³-hybridized carbons (Fsp3) is 0. The molecule has 2 aromatic heterocycles. The maximum atomic E-state index is 5.91. The molecule has 2 rings (SSSR count). The normalized spacial score (nSPS) is 10.8. The number of fused-ring (bicyclic) bond motifs is 1. The molecule has 2 N–H and O–H groups in total. The highest BCUT2D eigenvalue weighted by atomic mass is 79.9. The summed E-state index contributed by atoms with van der Waals surface area (Å²) in [7, 11) is 0. The van der Waals surface area contributed by atoms with E-state index in [1.54, 1.807) is 16.7 Å². The quantitative estimate of drug-likeness (QED) is 0.775. The van der Waals surface area contributed by atoms with Gasteiger partial charge in [-0.15, -0.1) is 0 Å². The van der Waals surface area contributed by atoms with Gasteiger partial charge in [-0.2, -0.15) is 0 Å². The van der Waals surface area contributed by atoms with E-state index in [1.165, 1.54) is 0 Å². The van der Waals surface area contributed by atoms with Crippen molar-refractivity contribution in [3.8, 4) is 0 Å². The first-order chi connectivity index (χ1) is 5.66. The lowest BCUT2D eigenvalue weighted by molar-refractivity contribution is 1.17. The molecular weight excluding hydrogens is 241 g/mol. The van der Waals surface area contributed by atoms with Crippen LogP contribution in [-0.2, 0) is 0 Å². The minimum absolute atomic E-state index is 0.468. The maximum absolute atomic E-state index is 5.91. The third-order valence-electron chi connectivity index (χ3n) is 1.49. The molecule has 2 heterocycles. The summed E-state index contributed by atoms with van der Waals surface area (Å²) in [6.07, 6.45) is 3.57. The predicted molar refractivity (Wildman–Crippen MR) is 52.3 cm³/mol. The van der Waals surface area contributed by atoms with Crippen molar-refractivity contribution in [2.45, 2.75) is 0 Å². The van der Waals surface area contributed by atoms with Crippen LogP contribution in [0.2, 0.25) is 5.02 Å². The fourth-order valence-electron chi connectivity index (χ4n) is 1.04. The van der Waals surface area contributed by atoms with E-state index < -0.39 is 0 Å². The molecule has 0 aliphatic rings. The number of imidazole rings is 1. The number of nitrogens with zero attached hydrogens (tertiary/aromatic N) is 2. The molecule has 3 nitrogen and oxygen atoms in total.